The van der Waals surface area contributed by atoms with Crippen LogP contribution in [0.3, 0.4) is 0 Å². The summed E-state index contributed by atoms with van der Waals surface area (Å²) in [6, 6.07) is 9.11. The van der Waals surface area contributed by atoms with Gasteiger partial charge in [0.15, 0.2) is 5.76 Å². The number of hydrogen-bond acceptors (Lipinski definition) is 3. The lowest BCUT2D eigenvalue weighted by atomic mass is 9.97. The van der Waals surface area contributed by atoms with Gasteiger partial charge in [0.2, 0.25) is 0 Å². The molecule has 4 heteroatoms. The molecule has 1 aromatic carbocycles. The lowest BCUT2D eigenvalue weighted by Gasteiger charge is -2.32. The van der Waals surface area contributed by atoms with Crippen molar-refractivity contribution in [3.8, 4) is 0 Å². The number of furan rings is 1. The minimum Gasteiger partial charge on any atom is -0.459 e. The molecular formula is C15H15NO3. The van der Waals surface area contributed by atoms with E-state index in [0.29, 0.717) is 18.7 Å². The maximum absolute atomic E-state index is 12.4. The maximum atomic E-state index is 12.4. The molecule has 3 rings (SSSR count). The van der Waals surface area contributed by atoms with Crippen LogP contribution in [0.4, 0.5) is 5.69 Å². The van der Waals surface area contributed by atoms with Crippen molar-refractivity contribution in [2.75, 3.05) is 11.4 Å². The summed E-state index contributed by atoms with van der Waals surface area (Å²) in [5, 5.41) is 10.1. The van der Waals surface area contributed by atoms with E-state index < -0.39 is 6.10 Å². The van der Waals surface area contributed by atoms with Crippen molar-refractivity contribution in [3.05, 3.63) is 53.5 Å². The number of carbonyl (C=O) groups is 1. The van der Waals surface area contributed by atoms with Crippen molar-refractivity contribution in [2.45, 2.75) is 19.4 Å². The molecule has 0 radical (unpaired) electrons. The van der Waals surface area contributed by atoms with E-state index in [1.165, 1.54) is 6.26 Å². The van der Waals surface area contributed by atoms with Crippen LogP contribution in [0.15, 0.2) is 41.0 Å². The highest BCUT2D eigenvalue weighted by Crippen LogP contribution is 2.35. The van der Waals surface area contributed by atoms with Crippen LogP contribution < -0.4 is 4.90 Å². The average molecular weight is 257 g/mol. The molecule has 1 N–H and O–H groups in total. The molecule has 1 atom stereocenters. The Hall–Kier alpha value is -2.07. The van der Waals surface area contributed by atoms with Gasteiger partial charge in [0.05, 0.1) is 12.4 Å². The largest absolute Gasteiger partial charge is 0.459 e. The molecule has 19 heavy (non-hydrogen) atoms. The summed E-state index contributed by atoms with van der Waals surface area (Å²) >= 11 is 0. The summed E-state index contributed by atoms with van der Waals surface area (Å²) in [4.78, 5) is 14.0. The Bertz CT molecular complexity index is 604. The van der Waals surface area contributed by atoms with Crippen LogP contribution in [0.25, 0.3) is 0 Å². The van der Waals surface area contributed by atoms with Crippen LogP contribution in [0.1, 0.15) is 34.2 Å². The average Bonchev–Trinajstić information content (AvgIpc) is 2.93. The summed E-state index contributed by atoms with van der Waals surface area (Å²) in [7, 11) is 0. The number of anilines is 1. The van der Waals surface area contributed by atoms with Crippen LogP contribution in [0.2, 0.25) is 0 Å². The van der Waals surface area contributed by atoms with E-state index in [4.69, 9.17) is 4.42 Å². The molecule has 0 bridgehead atoms. The molecular weight excluding hydrogens is 242 g/mol. The molecule has 4 nitrogen and oxygen atoms in total. The number of fused-ring (bicyclic) bond motifs is 1. The molecule has 0 aliphatic carbocycles. The Balaban J connectivity index is 2.02. The lowest BCUT2D eigenvalue weighted by Crippen LogP contribution is -2.36. The second-order valence-electron chi connectivity index (χ2n) is 4.80. The van der Waals surface area contributed by atoms with Crippen LogP contribution in [0, 0.1) is 6.92 Å². The van der Waals surface area contributed by atoms with Crippen molar-refractivity contribution in [2.24, 2.45) is 0 Å². The number of carbonyl (C=O) groups excluding carboxylic acids is 1. The second kappa shape index (κ2) is 4.55. The Labute approximate surface area is 111 Å². The number of aliphatic hydroxyl groups excluding tert-OH is 1. The zero-order valence-corrected chi connectivity index (χ0v) is 10.7. The fraction of sp³-hybridized carbons (Fsp3) is 0.267. The molecule has 1 aliphatic heterocycles. The van der Waals surface area contributed by atoms with E-state index in [-0.39, 0.29) is 5.91 Å². The molecule has 2 aromatic rings. The number of rotatable bonds is 1. The summed E-state index contributed by atoms with van der Waals surface area (Å²) in [5.74, 6) is 0.157. The van der Waals surface area contributed by atoms with Crippen LogP contribution in [0.5, 0.6) is 0 Å². The van der Waals surface area contributed by atoms with E-state index in [0.717, 1.165) is 16.8 Å². The van der Waals surface area contributed by atoms with Gasteiger partial charge in [-0.1, -0.05) is 17.7 Å². The van der Waals surface area contributed by atoms with Gasteiger partial charge in [-0.2, -0.15) is 0 Å². The standard InChI is InChI=1S/C15H15NO3/c1-10-4-5-12-11(9-10)13(17)6-7-16(12)15(18)14-3-2-8-19-14/h2-5,8-9,13,17H,6-7H2,1H3. The molecule has 0 saturated carbocycles. The summed E-state index contributed by atoms with van der Waals surface area (Å²) in [6.07, 6.45) is 1.53. The Morgan fingerprint density at radius 1 is 1.42 bits per heavy atom. The molecule has 1 aromatic heterocycles. The first-order valence-corrected chi connectivity index (χ1v) is 6.31. The third-order valence-electron chi connectivity index (χ3n) is 3.44. The van der Waals surface area contributed by atoms with Crippen molar-refractivity contribution >= 4 is 11.6 Å². The van der Waals surface area contributed by atoms with Gasteiger partial charge in [-0.15, -0.1) is 0 Å². The van der Waals surface area contributed by atoms with Gasteiger partial charge in [0, 0.05) is 17.8 Å². The second-order valence-corrected chi connectivity index (χ2v) is 4.80. The first-order chi connectivity index (χ1) is 9.16. The van der Waals surface area contributed by atoms with E-state index in [1.54, 1.807) is 17.0 Å². The quantitative estimate of drug-likeness (QED) is 0.854. The first-order valence-electron chi connectivity index (χ1n) is 6.31. The van der Waals surface area contributed by atoms with Crippen LogP contribution >= 0.6 is 0 Å². The van der Waals surface area contributed by atoms with Crippen LogP contribution in [-0.4, -0.2) is 17.6 Å². The Kier molecular flexibility index (Phi) is 2.87. The van der Waals surface area contributed by atoms with Crippen molar-refractivity contribution in [1.29, 1.82) is 0 Å². The third kappa shape index (κ3) is 2.04. The van der Waals surface area contributed by atoms with Crippen molar-refractivity contribution in [1.82, 2.24) is 0 Å². The van der Waals surface area contributed by atoms with E-state index in [2.05, 4.69) is 0 Å². The lowest BCUT2D eigenvalue weighted by molar-refractivity contribution is 0.0944. The Morgan fingerprint density at radius 2 is 2.26 bits per heavy atom. The number of nitrogens with zero attached hydrogens (tertiary/aromatic N) is 1. The van der Waals surface area contributed by atoms with Gasteiger partial charge in [-0.25, -0.2) is 0 Å². The minimum absolute atomic E-state index is 0.165. The zero-order chi connectivity index (χ0) is 13.4. The highest BCUT2D eigenvalue weighted by Gasteiger charge is 2.29. The molecule has 1 amide bonds. The molecule has 1 aliphatic rings. The number of aliphatic hydroxyl groups is 1. The smallest absolute Gasteiger partial charge is 0.293 e. The molecule has 0 spiro atoms. The van der Waals surface area contributed by atoms with Crippen molar-refractivity contribution < 1.29 is 14.3 Å². The molecule has 1 unspecified atom stereocenters. The zero-order valence-electron chi connectivity index (χ0n) is 10.7. The van der Waals surface area contributed by atoms with Gasteiger partial charge in [0.1, 0.15) is 0 Å². The normalized spacial score (nSPS) is 18.2. The van der Waals surface area contributed by atoms with Crippen molar-refractivity contribution in [3.63, 3.8) is 0 Å². The fourth-order valence-corrected chi connectivity index (χ4v) is 2.46. The predicted octanol–water partition coefficient (Wildman–Crippen LogP) is 2.67. The highest BCUT2D eigenvalue weighted by atomic mass is 16.3. The molecule has 2 heterocycles. The van der Waals surface area contributed by atoms with Gasteiger partial charge < -0.3 is 14.4 Å². The van der Waals surface area contributed by atoms with E-state index >= 15 is 0 Å². The summed E-state index contributed by atoms with van der Waals surface area (Å²) < 4.78 is 5.16. The number of amides is 1. The van der Waals surface area contributed by atoms with Gasteiger partial charge in [0.25, 0.3) is 5.91 Å². The number of aryl methyl sites for hydroxylation is 1. The van der Waals surface area contributed by atoms with Gasteiger partial charge >= 0.3 is 0 Å². The van der Waals surface area contributed by atoms with E-state index in [1.807, 2.05) is 25.1 Å². The minimum atomic E-state index is -0.504. The fourth-order valence-electron chi connectivity index (χ4n) is 2.46. The van der Waals surface area contributed by atoms with Crippen LogP contribution in [-0.2, 0) is 0 Å². The molecule has 0 saturated heterocycles. The topological polar surface area (TPSA) is 53.7 Å². The SMILES string of the molecule is Cc1ccc2c(c1)C(O)CCN2C(=O)c1ccco1. The number of benzene rings is 1. The first kappa shape index (κ1) is 12.0. The maximum Gasteiger partial charge on any atom is 0.293 e. The molecule has 98 valence electrons. The highest BCUT2D eigenvalue weighted by molar-refractivity contribution is 6.05. The van der Waals surface area contributed by atoms with Gasteiger partial charge in [-0.05, 0) is 31.5 Å². The monoisotopic (exact) mass is 257 g/mol. The number of hydrogen-bond donors (Lipinski definition) is 1. The molecule has 0 fully saturated rings. The van der Waals surface area contributed by atoms with Gasteiger partial charge in [-0.3, -0.25) is 4.79 Å². The summed E-state index contributed by atoms with van der Waals surface area (Å²) in [6.45, 7) is 2.47. The summed E-state index contributed by atoms with van der Waals surface area (Å²) in [5.41, 5.74) is 2.65. The Morgan fingerprint density at radius 3 is 3.00 bits per heavy atom. The predicted molar refractivity (Wildman–Crippen MR) is 71.1 cm³/mol. The third-order valence-corrected chi connectivity index (χ3v) is 3.44. The van der Waals surface area contributed by atoms with E-state index in [9.17, 15) is 9.90 Å².